The lowest BCUT2D eigenvalue weighted by Crippen LogP contribution is -2.27. The first-order valence-corrected chi connectivity index (χ1v) is 6.59. The molecule has 1 aromatic rings. The van der Waals surface area contributed by atoms with Crippen molar-refractivity contribution in [3.63, 3.8) is 0 Å². The van der Waals surface area contributed by atoms with E-state index in [2.05, 4.69) is 31.3 Å². The van der Waals surface area contributed by atoms with Gasteiger partial charge in [-0.25, -0.2) is 0 Å². The van der Waals surface area contributed by atoms with Crippen molar-refractivity contribution in [3.8, 4) is 5.75 Å². The second kappa shape index (κ2) is 8.11. The third-order valence-corrected chi connectivity index (χ3v) is 3.25. The number of rotatable bonds is 8. The third kappa shape index (κ3) is 4.31. The molecule has 0 amide bonds. The van der Waals surface area contributed by atoms with Gasteiger partial charge in [-0.3, -0.25) is 0 Å². The first-order valence-electron chi connectivity index (χ1n) is 6.59. The van der Waals surface area contributed by atoms with Crippen molar-refractivity contribution in [2.45, 2.75) is 26.3 Å². The largest absolute Gasteiger partial charge is 0.497 e. The molecule has 3 nitrogen and oxygen atoms in total. The minimum Gasteiger partial charge on any atom is -0.497 e. The number of nitrogens with one attached hydrogen (secondary N) is 1. The Hall–Kier alpha value is -1.06. The molecule has 0 heterocycles. The van der Waals surface area contributed by atoms with E-state index in [0.717, 1.165) is 25.3 Å². The molecule has 0 spiro atoms. The van der Waals surface area contributed by atoms with E-state index in [9.17, 15) is 0 Å². The standard InChI is InChI=1S/C15H25NO2/c1-5-16-15(12(2)10-11-17-3)13-6-8-14(18-4)9-7-13/h6-9,12,15-16H,5,10-11H2,1-4H3. The molecule has 1 N–H and O–H groups in total. The van der Waals surface area contributed by atoms with E-state index in [4.69, 9.17) is 9.47 Å². The van der Waals surface area contributed by atoms with Crippen molar-refractivity contribution < 1.29 is 9.47 Å². The highest BCUT2D eigenvalue weighted by atomic mass is 16.5. The van der Waals surface area contributed by atoms with Crippen molar-refractivity contribution in [1.82, 2.24) is 5.32 Å². The molecular formula is C15H25NO2. The number of methoxy groups -OCH3 is 2. The zero-order chi connectivity index (χ0) is 13.4. The Bertz CT molecular complexity index is 324. The molecule has 3 heteroatoms. The molecule has 0 aliphatic carbocycles. The van der Waals surface area contributed by atoms with Crippen molar-refractivity contribution in [1.29, 1.82) is 0 Å². The first-order chi connectivity index (χ1) is 8.72. The van der Waals surface area contributed by atoms with Crippen LogP contribution >= 0.6 is 0 Å². The highest BCUT2D eigenvalue weighted by Crippen LogP contribution is 2.26. The number of ether oxygens (including phenoxy) is 2. The summed E-state index contributed by atoms with van der Waals surface area (Å²) in [6.45, 7) is 6.17. The molecule has 0 aromatic heterocycles. The number of benzene rings is 1. The summed E-state index contributed by atoms with van der Waals surface area (Å²) in [5.41, 5.74) is 1.31. The Labute approximate surface area is 110 Å². The summed E-state index contributed by atoms with van der Waals surface area (Å²) < 4.78 is 10.4. The lowest BCUT2D eigenvalue weighted by atomic mass is 9.92. The quantitative estimate of drug-likeness (QED) is 0.770. The Morgan fingerprint density at radius 1 is 1.17 bits per heavy atom. The first kappa shape index (κ1) is 15.0. The van der Waals surface area contributed by atoms with Gasteiger partial charge in [-0.2, -0.15) is 0 Å². The van der Waals surface area contributed by atoms with Crippen LogP contribution in [0.15, 0.2) is 24.3 Å². The maximum atomic E-state index is 5.19. The van der Waals surface area contributed by atoms with E-state index in [-0.39, 0.29) is 0 Å². The van der Waals surface area contributed by atoms with Gasteiger partial charge in [-0.05, 0) is 36.6 Å². The molecule has 0 aliphatic rings. The molecule has 1 aromatic carbocycles. The van der Waals surface area contributed by atoms with Crippen molar-refractivity contribution in [2.75, 3.05) is 27.4 Å². The highest BCUT2D eigenvalue weighted by molar-refractivity contribution is 5.29. The summed E-state index contributed by atoms with van der Waals surface area (Å²) in [6, 6.07) is 8.67. The molecule has 18 heavy (non-hydrogen) atoms. The van der Waals surface area contributed by atoms with Gasteiger partial charge in [0.05, 0.1) is 7.11 Å². The SMILES string of the molecule is CCNC(c1ccc(OC)cc1)C(C)CCOC. The maximum Gasteiger partial charge on any atom is 0.118 e. The van der Waals surface area contributed by atoms with Crippen LogP contribution in [-0.4, -0.2) is 27.4 Å². The zero-order valence-corrected chi connectivity index (χ0v) is 11.9. The topological polar surface area (TPSA) is 30.5 Å². The molecule has 2 unspecified atom stereocenters. The minimum atomic E-state index is 0.371. The van der Waals surface area contributed by atoms with E-state index in [1.165, 1.54) is 5.56 Å². The van der Waals surface area contributed by atoms with Crippen LogP contribution in [0.5, 0.6) is 5.75 Å². The second-order valence-electron chi connectivity index (χ2n) is 4.57. The fraction of sp³-hybridized carbons (Fsp3) is 0.600. The second-order valence-corrected chi connectivity index (χ2v) is 4.57. The van der Waals surface area contributed by atoms with E-state index in [1.807, 2.05) is 12.1 Å². The smallest absolute Gasteiger partial charge is 0.118 e. The average Bonchev–Trinajstić information content (AvgIpc) is 2.42. The molecule has 0 fully saturated rings. The molecule has 0 saturated heterocycles. The summed E-state index contributed by atoms with van der Waals surface area (Å²) >= 11 is 0. The fourth-order valence-electron chi connectivity index (χ4n) is 2.15. The van der Waals surface area contributed by atoms with E-state index < -0.39 is 0 Å². The Morgan fingerprint density at radius 2 is 1.83 bits per heavy atom. The summed E-state index contributed by atoms with van der Waals surface area (Å²) in [4.78, 5) is 0. The summed E-state index contributed by atoms with van der Waals surface area (Å²) in [5, 5.41) is 3.55. The molecule has 0 bridgehead atoms. The monoisotopic (exact) mass is 251 g/mol. The zero-order valence-electron chi connectivity index (χ0n) is 11.9. The summed E-state index contributed by atoms with van der Waals surface area (Å²) in [5.74, 6) is 1.44. The van der Waals surface area contributed by atoms with Gasteiger partial charge in [0.2, 0.25) is 0 Å². The van der Waals surface area contributed by atoms with Gasteiger partial charge < -0.3 is 14.8 Å². The van der Waals surface area contributed by atoms with Crippen molar-refractivity contribution in [3.05, 3.63) is 29.8 Å². The molecule has 1 rings (SSSR count). The van der Waals surface area contributed by atoms with Gasteiger partial charge in [0, 0.05) is 19.8 Å². The molecule has 0 radical (unpaired) electrons. The van der Waals surface area contributed by atoms with E-state index >= 15 is 0 Å². The number of hydrogen-bond donors (Lipinski definition) is 1. The van der Waals surface area contributed by atoms with Crippen LogP contribution in [0.25, 0.3) is 0 Å². The molecule has 0 aliphatic heterocycles. The molecule has 0 saturated carbocycles. The normalized spacial score (nSPS) is 14.2. The van der Waals surface area contributed by atoms with Gasteiger partial charge >= 0.3 is 0 Å². The summed E-state index contributed by atoms with van der Waals surface area (Å²) in [6.07, 6.45) is 1.06. The lowest BCUT2D eigenvalue weighted by Gasteiger charge is -2.25. The predicted molar refractivity (Wildman–Crippen MR) is 75.1 cm³/mol. The van der Waals surface area contributed by atoms with Gasteiger partial charge in [-0.15, -0.1) is 0 Å². The van der Waals surface area contributed by atoms with Crippen LogP contribution in [0.2, 0.25) is 0 Å². The molecular weight excluding hydrogens is 226 g/mol. The highest BCUT2D eigenvalue weighted by Gasteiger charge is 2.18. The van der Waals surface area contributed by atoms with Gasteiger partial charge in [0.25, 0.3) is 0 Å². The van der Waals surface area contributed by atoms with Crippen LogP contribution < -0.4 is 10.1 Å². The van der Waals surface area contributed by atoms with Gasteiger partial charge in [-0.1, -0.05) is 26.0 Å². The van der Waals surface area contributed by atoms with Crippen LogP contribution in [0, 0.1) is 5.92 Å². The number of hydrogen-bond acceptors (Lipinski definition) is 3. The average molecular weight is 251 g/mol. The Morgan fingerprint density at radius 3 is 2.33 bits per heavy atom. The van der Waals surface area contributed by atoms with Crippen LogP contribution in [0.1, 0.15) is 31.9 Å². The van der Waals surface area contributed by atoms with Crippen molar-refractivity contribution >= 4 is 0 Å². The molecule has 102 valence electrons. The van der Waals surface area contributed by atoms with Gasteiger partial charge in [0.1, 0.15) is 5.75 Å². The fourth-order valence-corrected chi connectivity index (χ4v) is 2.15. The maximum absolute atomic E-state index is 5.19. The Balaban J connectivity index is 2.75. The van der Waals surface area contributed by atoms with E-state index in [0.29, 0.717) is 12.0 Å². The van der Waals surface area contributed by atoms with Crippen LogP contribution in [0.4, 0.5) is 0 Å². The van der Waals surface area contributed by atoms with Crippen molar-refractivity contribution in [2.24, 2.45) is 5.92 Å². The molecule has 2 atom stereocenters. The minimum absolute atomic E-state index is 0.371. The predicted octanol–water partition coefficient (Wildman–Crippen LogP) is 3.02. The summed E-state index contributed by atoms with van der Waals surface area (Å²) in [7, 11) is 3.44. The van der Waals surface area contributed by atoms with E-state index in [1.54, 1.807) is 14.2 Å². The third-order valence-electron chi connectivity index (χ3n) is 3.25. The van der Waals surface area contributed by atoms with Gasteiger partial charge in [0.15, 0.2) is 0 Å². The lowest BCUT2D eigenvalue weighted by molar-refractivity contribution is 0.170. The Kier molecular flexibility index (Phi) is 6.76. The van der Waals surface area contributed by atoms with Crippen LogP contribution in [0.3, 0.4) is 0 Å². The van der Waals surface area contributed by atoms with Crippen LogP contribution in [-0.2, 0) is 4.74 Å².